The average Bonchev–Trinajstić information content (AvgIpc) is 2.54. The molecule has 0 aromatic heterocycles. The maximum Gasteiger partial charge on any atom is 0.269 e. The molecule has 2 aromatic carbocycles. The van der Waals surface area contributed by atoms with Crippen LogP contribution in [0.1, 0.15) is 23.3 Å². The highest BCUT2D eigenvalue weighted by Crippen LogP contribution is 2.32. The first-order chi connectivity index (χ1) is 11.8. The van der Waals surface area contributed by atoms with Crippen LogP contribution < -0.4 is 5.32 Å². The molecule has 8 heteroatoms. The number of anilines is 1. The van der Waals surface area contributed by atoms with Gasteiger partial charge in [-0.3, -0.25) is 14.9 Å². The Morgan fingerprint density at radius 3 is 2.48 bits per heavy atom. The van der Waals surface area contributed by atoms with Gasteiger partial charge in [0.25, 0.3) is 5.69 Å². The molecule has 2 rings (SSSR count). The second-order valence-corrected chi connectivity index (χ2v) is 6.72. The highest BCUT2D eigenvalue weighted by Gasteiger charge is 2.18. The average molecular weight is 366 g/mol. The molecule has 1 N–H and O–H groups in total. The third-order valence-corrected chi connectivity index (χ3v) is 4.73. The van der Waals surface area contributed by atoms with Gasteiger partial charge >= 0.3 is 0 Å². The van der Waals surface area contributed by atoms with Crippen LogP contribution in [0.4, 0.5) is 20.2 Å². The number of thioether (sulfide) groups is 1. The number of halogens is 2. The van der Waals surface area contributed by atoms with Crippen LogP contribution in [0, 0.1) is 28.7 Å². The molecule has 1 atom stereocenters. The summed E-state index contributed by atoms with van der Waals surface area (Å²) in [6.07, 6.45) is 0. The minimum Gasteiger partial charge on any atom is -0.325 e. The van der Waals surface area contributed by atoms with Crippen molar-refractivity contribution >= 4 is 29.0 Å². The van der Waals surface area contributed by atoms with Crippen molar-refractivity contribution in [3.63, 3.8) is 0 Å². The van der Waals surface area contributed by atoms with Gasteiger partial charge in [0.15, 0.2) is 0 Å². The molecular weight excluding hydrogens is 350 g/mol. The lowest BCUT2D eigenvalue weighted by molar-refractivity contribution is -0.384. The summed E-state index contributed by atoms with van der Waals surface area (Å²) in [5.41, 5.74) is 0.891. The van der Waals surface area contributed by atoms with E-state index in [9.17, 15) is 23.7 Å². The predicted octanol–water partition coefficient (Wildman–Crippen LogP) is 4.61. The first-order valence-electron chi connectivity index (χ1n) is 7.40. The summed E-state index contributed by atoms with van der Waals surface area (Å²) >= 11 is 1.10. The van der Waals surface area contributed by atoms with Gasteiger partial charge in [-0.1, -0.05) is 6.07 Å². The van der Waals surface area contributed by atoms with Gasteiger partial charge in [0.2, 0.25) is 5.91 Å². The number of amides is 1. The van der Waals surface area contributed by atoms with Gasteiger partial charge in [-0.2, -0.15) is 0 Å². The van der Waals surface area contributed by atoms with Crippen LogP contribution in [-0.4, -0.2) is 16.6 Å². The number of benzene rings is 2. The number of hydrogen-bond acceptors (Lipinski definition) is 4. The van der Waals surface area contributed by atoms with E-state index in [2.05, 4.69) is 5.32 Å². The Balaban J connectivity index is 1.98. The van der Waals surface area contributed by atoms with Crippen LogP contribution in [0.5, 0.6) is 0 Å². The van der Waals surface area contributed by atoms with Gasteiger partial charge in [-0.15, -0.1) is 11.8 Å². The molecule has 0 radical (unpaired) electrons. The van der Waals surface area contributed by atoms with Crippen molar-refractivity contribution in [3.8, 4) is 0 Å². The molecule has 0 saturated heterocycles. The largest absolute Gasteiger partial charge is 0.325 e. The van der Waals surface area contributed by atoms with Gasteiger partial charge in [0.1, 0.15) is 11.6 Å². The summed E-state index contributed by atoms with van der Waals surface area (Å²) in [6, 6.07) is 7.75. The van der Waals surface area contributed by atoms with Crippen molar-refractivity contribution in [1.29, 1.82) is 0 Å². The lowest BCUT2D eigenvalue weighted by Crippen LogP contribution is -2.16. The summed E-state index contributed by atoms with van der Waals surface area (Å²) in [4.78, 5) is 22.2. The number of nitrogens with zero attached hydrogens (tertiary/aromatic N) is 1. The van der Waals surface area contributed by atoms with Gasteiger partial charge in [-0.05, 0) is 37.6 Å². The molecule has 0 aliphatic carbocycles. The number of nitro groups is 1. The number of nitrogens with one attached hydrogen (secondary N) is 1. The molecule has 0 saturated carbocycles. The summed E-state index contributed by atoms with van der Waals surface area (Å²) in [5, 5.41) is 12.8. The van der Waals surface area contributed by atoms with E-state index in [4.69, 9.17) is 0 Å². The highest BCUT2D eigenvalue weighted by atomic mass is 32.2. The van der Waals surface area contributed by atoms with Crippen molar-refractivity contribution < 1.29 is 18.5 Å². The molecule has 0 bridgehead atoms. The van der Waals surface area contributed by atoms with E-state index in [1.54, 1.807) is 13.8 Å². The molecule has 1 amide bonds. The van der Waals surface area contributed by atoms with Gasteiger partial charge in [-0.25, -0.2) is 8.78 Å². The second kappa shape index (κ2) is 8.06. The minimum absolute atomic E-state index is 0.00856. The van der Waals surface area contributed by atoms with Crippen LogP contribution in [-0.2, 0) is 4.79 Å². The van der Waals surface area contributed by atoms with E-state index in [1.165, 1.54) is 36.4 Å². The van der Waals surface area contributed by atoms with Crippen LogP contribution >= 0.6 is 11.8 Å². The summed E-state index contributed by atoms with van der Waals surface area (Å²) in [5.74, 6) is -1.66. The smallest absolute Gasteiger partial charge is 0.269 e. The lowest BCUT2D eigenvalue weighted by atomic mass is 10.1. The molecule has 0 aliphatic rings. The first kappa shape index (κ1) is 18.9. The van der Waals surface area contributed by atoms with E-state index >= 15 is 0 Å². The molecular formula is C17H16F2N2O3S. The molecule has 0 fully saturated rings. The number of aryl methyl sites for hydroxylation is 1. The predicted molar refractivity (Wildman–Crippen MR) is 93.7 cm³/mol. The summed E-state index contributed by atoms with van der Waals surface area (Å²) in [6.45, 7) is 3.27. The van der Waals surface area contributed by atoms with Crippen LogP contribution in [0.15, 0.2) is 36.4 Å². The van der Waals surface area contributed by atoms with E-state index in [1.807, 2.05) is 0 Å². The zero-order valence-corrected chi connectivity index (χ0v) is 14.4. The van der Waals surface area contributed by atoms with Crippen molar-refractivity contribution in [2.45, 2.75) is 19.1 Å². The van der Waals surface area contributed by atoms with E-state index in [-0.39, 0.29) is 22.9 Å². The number of hydrogen-bond donors (Lipinski definition) is 1. The normalized spacial score (nSPS) is 11.8. The Hall–Kier alpha value is -2.48. The SMILES string of the molecule is Cc1cc([N+](=O)[O-])ccc1NC(=O)CSC(C)c1c(F)cccc1F. The standard InChI is InChI=1S/C17H16F2N2O3S/c1-10-8-12(21(23)24)6-7-15(10)20-16(22)9-25-11(2)17-13(18)4-3-5-14(17)19/h3-8,11H,9H2,1-2H3,(H,20,22). The fourth-order valence-electron chi connectivity index (χ4n) is 2.27. The molecule has 0 spiro atoms. The molecule has 132 valence electrons. The number of rotatable bonds is 6. The van der Waals surface area contributed by atoms with Gasteiger partial charge < -0.3 is 5.32 Å². The third-order valence-electron chi connectivity index (χ3n) is 3.57. The second-order valence-electron chi connectivity index (χ2n) is 5.39. The summed E-state index contributed by atoms with van der Waals surface area (Å²) < 4.78 is 27.4. The number of non-ortho nitro benzene ring substituents is 1. The van der Waals surface area contributed by atoms with E-state index < -0.39 is 21.8 Å². The molecule has 5 nitrogen and oxygen atoms in total. The Kier molecular flexibility index (Phi) is 6.08. The van der Waals surface area contributed by atoms with Crippen LogP contribution in [0.2, 0.25) is 0 Å². The zero-order chi connectivity index (χ0) is 18.6. The number of carbonyl (C=O) groups is 1. The molecule has 25 heavy (non-hydrogen) atoms. The van der Waals surface area contributed by atoms with Gasteiger partial charge in [0, 0.05) is 28.6 Å². The number of carbonyl (C=O) groups excluding carboxylic acids is 1. The van der Waals surface area contributed by atoms with Crippen molar-refractivity contribution in [3.05, 3.63) is 69.3 Å². The monoisotopic (exact) mass is 366 g/mol. The van der Waals surface area contributed by atoms with Crippen LogP contribution in [0.25, 0.3) is 0 Å². The van der Waals surface area contributed by atoms with Crippen molar-refractivity contribution in [1.82, 2.24) is 0 Å². The summed E-state index contributed by atoms with van der Waals surface area (Å²) in [7, 11) is 0. The Morgan fingerprint density at radius 1 is 1.28 bits per heavy atom. The van der Waals surface area contributed by atoms with Gasteiger partial charge in [0.05, 0.1) is 10.7 Å². The Labute approximate surface area is 147 Å². The fourth-order valence-corrected chi connectivity index (χ4v) is 3.14. The Bertz CT molecular complexity index is 794. The quantitative estimate of drug-likeness (QED) is 0.598. The first-order valence-corrected chi connectivity index (χ1v) is 8.45. The van der Waals surface area contributed by atoms with E-state index in [0.29, 0.717) is 11.3 Å². The maximum absolute atomic E-state index is 13.7. The maximum atomic E-state index is 13.7. The van der Waals surface area contributed by atoms with Crippen molar-refractivity contribution in [2.24, 2.45) is 0 Å². The third kappa shape index (κ3) is 4.76. The topological polar surface area (TPSA) is 72.2 Å². The number of nitro benzene ring substituents is 1. The van der Waals surface area contributed by atoms with Crippen molar-refractivity contribution in [2.75, 3.05) is 11.1 Å². The lowest BCUT2D eigenvalue weighted by Gasteiger charge is -2.14. The minimum atomic E-state index is -0.647. The zero-order valence-electron chi connectivity index (χ0n) is 13.6. The fraction of sp³-hybridized carbons (Fsp3) is 0.235. The molecule has 0 aliphatic heterocycles. The molecule has 1 unspecified atom stereocenters. The molecule has 0 heterocycles. The highest BCUT2D eigenvalue weighted by molar-refractivity contribution is 8.00. The Morgan fingerprint density at radius 2 is 1.92 bits per heavy atom. The van der Waals surface area contributed by atoms with E-state index in [0.717, 1.165) is 11.8 Å². The molecule has 2 aromatic rings. The van der Waals surface area contributed by atoms with Crippen LogP contribution in [0.3, 0.4) is 0 Å².